The molecule has 124 valence electrons. The fourth-order valence-corrected chi connectivity index (χ4v) is 2.80. The predicted octanol–water partition coefficient (Wildman–Crippen LogP) is 1.38. The molecule has 0 aromatic carbocycles. The highest BCUT2D eigenvalue weighted by Gasteiger charge is 2.29. The number of nitrogens with zero attached hydrogens (tertiary/aromatic N) is 1. The third-order valence-electron chi connectivity index (χ3n) is 4.07. The monoisotopic (exact) mass is 299 g/mol. The molecule has 1 atom stereocenters. The van der Waals surface area contributed by atoms with Gasteiger partial charge in [-0.2, -0.15) is 0 Å². The van der Waals surface area contributed by atoms with Gasteiger partial charge in [0.1, 0.15) is 0 Å². The van der Waals surface area contributed by atoms with Crippen molar-refractivity contribution in [1.82, 2.24) is 15.5 Å². The highest BCUT2D eigenvalue weighted by Crippen LogP contribution is 2.23. The van der Waals surface area contributed by atoms with Crippen molar-refractivity contribution in [3.63, 3.8) is 0 Å². The first kappa shape index (κ1) is 18.4. The third kappa shape index (κ3) is 7.79. The molecule has 5 heteroatoms. The molecule has 0 radical (unpaired) electrons. The van der Waals surface area contributed by atoms with Gasteiger partial charge in [-0.3, -0.25) is 4.79 Å². The van der Waals surface area contributed by atoms with Gasteiger partial charge in [0.05, 0.1) is 12.1 Å². The summed E-state index contributed by atoms with van der Waals surface area (Å²) in [5, 5.41) is 6.33. The average Bonchev–Trinajstić information content (AvgIpc) is 2.41. The second-order valence-corrected chi connectivity index (χ2v) is 6.42. The molecule has 0 bridgehead atoms. The highest BCUT2D eigenvalue weighted by molar-refractivity contribution is 5.78. The van der Waals surface area contributed by atoms with Crippen LogP contribution >= 0.6 is 0 Å². The lowest BCUT2D eigenvalue weighted by atomic mass is 9.94. The van der Waals surface area contributed by atoms with Crippen molar-refractivity contribution in [2.75, 3.05) is 39.3 Å². The molecule has 0 spiro atoms. The predicted molar refractivity (Wildman–Crippen MR) is 86.5 cm³/mol. The smallest absolute Gasteiger partial charge is 0.234 e. The van der Waals surface area contributed by atoms with Gasteiger partial charge in [0.25, 0.3) is 0 Å². The van der Waals surface area contributed by atoms with E-state index in [1.54, 1.807) is 0 Å². The van der Waals surface area contributed by atoms with Gasteiger partial charge in [0.15, 0.2) is 0 Å². The minimum atomic E-state index is -0.118. The second kappa shape index (κ2) is 9.38. The van der Waals surface area contributed by atoms with E-state index in [2.05, 4.69) is 43.2 Å². The van der Waals surface area contributed by atoms with Crippen LogP contribution in [0.3, 0.4) is 0 Å². The molecular formula is C16H33N3O2. The summed E-state index contributed by atoms with van der Waals surface area (Å²) in [5.41, 5.74) is -0.118. The summed E-state index contributed by atoms with van der Waals surface area (Å²) in [4.78, 5) is 14.3. The molecule has 1 unspecified atom stereocenters. The van der Waals surface area contributed by atoms with E-state index in [0.29, 0.717) is 6.54 Å². The molecule has 2 N–H and O–H groups in total. The normalized spacial score (nSPS) is 21.5. The average molecular weight is 299 g/mol. The minimum absolute atomic E-state index is 0.0977. The van der Waals surface area contributed by atoms with E-state index in [1.165, 1.54) is 0 Å². The van der Waals surface area contributed by atoms with E-state index in [4.69, 9.17) is 4.74 Å². The topological polar surface area (TPSA) is 53.6 Å². The third-order valence-corrected chi connectivity index (χ3v) is 4.07. The molecule has 0 aromatic heterocycles. The summed E-state index contributed by atoms with van der Waals surface area (Å²) in [6.45, 7) is 13.8. The number of rotatable bonds is 9. The Morgan fingerprint density at radius 3 is 2.67 bits per heavy atom. The number of carbonyl (C=O) groups excluding carboxylic acids is 1. The lowest BCUT2D eigenvalue weighted by Crippen LogP contribution is -2.48. The molecule has 21 heavy (non-hydrogen) atoms. The Kier molecular flexibility index (Phi) is 8.22. The van der Waals surface area contributed by atoms with Crippen LogP contribution in [0.5, 0.6) is 0 Å². The van der Waals surface area contributed by atoms with Crippen molar-refractivity contribution in [3.05, 3.63) is 0 Å². The van der Waals surface area contributed by atoms with Gasteiger partial charge in [-0.15, -0.1) is 0 Å². The zero-order chi connectivity index (χ0) is 15.7. The Morgan fingerprint density at radius 1 is 1.33 bits per heavy atom. The molecule has 1 amide bonds. The first-order chi connectivity index (χ1) is 9.96. The van der Waals surface area contributed by atoms with Crippen LogP contribution in [-0.4, -0.2) is 61.8 Å². The molecule has 1 heterocycles. The lowest BCUT2D eigenvalue weighted by molar-refractivity contribution is -0.123. The van der Waals surface area contributed by atoms with Crippen LogP contribution in [0.4, 0.5) is 0 Å². The SMILES string of the molecule is CCN(CC)CCCNCC(=O)NC1CCOC(C)(C)C1. The molecule has 1 rings (SSSR count). The van der Waals surface area contributed by atoms with Crippen molar-refractivity contribution in [2.45, 2.75) is 58.6 Å². The number of hydrogen-bond acceptors (Lipinski definition) is 4. The van der Waals surface area contributed by atoms with Gasteiger partial charge in [0.2, 0.25) is 5.91 Å². The van der Waals surface area contributed by atoms with Crippen molar-refractivity contribution in [1.29, 1.82) is 0 Å². The van der Waals surface area contributed by atoms with Crippen molar-refractivity contribution in [3.8, 4) is 0 Å². The minimum Gasteiger partial charge on any atom is -0.375 e. The molecule has 1 saturated heterocycles. The summed E-state index contributed by atoms with van der Waals surface area (Å²) >= 11 is 0. The van der Waals surface area contributed by atoms with Crippen LogP contribution in [0.15, 0.2) is 0 Å². The molecule has 1 aliphatic heterocycles. The maximum Gasteiger partial charge on any atom is 0.234 e. The second-order valence-electron chi connectivity index (χ2n) is 6.42. The zero-order valence-electron chi connectivity index (χ0n) is 14.2. The Morgan fingerprint density at radius 2 is 2.05 bits per heavy atom. The van der Waals surface area contributed by atoms with Crippen LogP contribution < -0.4 is 10.6 Å². The van der Waals surface area contributed by atoms with Crippen molar-refractivity contribution >= 4 is 5.91 Å². The van der Waals surface area contributed by atoms with Crippen molar-refractivity contribution < 1.29 is 9.53 Å². The summed E-state index contributed by atoms with van der Waals surface area (Å²) in [5.74, 6) is 0.0977. The highest BCUT2D eigenvalue weighted by atomic mass is 16.5. The lowest BCUT2D eigenvalue weighted by Gasteiger charge is -2.35. The van der Waals surface area contributed by atoms with E-state index in [1.807, 2.05) is 0 Å². The zero-order valence-corrected chi connectivity index (χ0v) is 14.2. The van der Waals surface area contributed by atoms with Gasteiger partial charge >= 0.3 is 0 Å². The number of nitrogens with one attached hydrogen (secondary N) is 2. The standard InChI is InChI=1S/C16H33N3O2/c1-5-19(6-2)10-7-9-17-13-15(20)18-14-8-11-21-16(3,4)12-14/h14,17H,5-13H2,1-4H3,(H,18,20). The number of hydrogen-bond donors (Lipinski definition) is 2. The van der Waals surface area contributed by atoms with Gasteiger partial charge in [0, 0.05) is 12.6 Å². The first-order valence-electron chi connectivity index (χ1n) is 8.33. The maximum absolute atomic E-state index is 11.9. The molecule has 5 nitrogen and oxygen atoms in total. The Labute approximate surface area is 129 Å². The van der Waals surface area contributed by atoms with E-state index >= 15 is 0 Å². The van der Waals surface area contributed by atoms with Gasteiger partial charge in [-0.05, 0) is 59.3 Å². The summed E-state index contributed by atoms with van der Waals surface area (Å²) < 4.78 is 5.66. The van der Waals surface area contributed by atoms with E-state index in [0.717, 1.165) is 52.0 Å². The fourth-order valence-electron chi connectivity index (χ4n) is 2.80. The number of ether oxygens (including phenoxy) is 1. The number of carbonyl (C=O) groups is 1. The molecule has 1 aliphatic rings. The van der Waals surface area contributed by atoms with Gasteiger partial charge in [-0.1, -0.05) is 13.8 Å². The van der Waals surface area contributed by atoms with Crippen LogP contribution in [0, 0.1) is 0 Å². The molecular weight excluding hydrogens is 266 g/mol. The first-order valence-corrected chi connectivity index (χ1v) is 8.33. The maximum atomic E-state index is 11.9. The Hall–Kier alpha value is -0.650. The van der Waals surface area contributed by atoms with E-state index in [-0.39, 0.29) is 17.6 Å². The van der Waals surface area contributed by atoms with E-state index < -0.39 is 0 Å². The molecule has 1 fully saturated rings. The van der Waals surface area contributed by atoms with Crippen LogP contribution in [0.1, 0.15) is 47.0 Å². The van der Waals surface area contributed by atoms with Gasteiger partial charge in [-0.25, -0.2) is 0 Å². The summed E-state index contributed by atoms with van der Waals surface area (Å²) in [6, 6.07) is 0.249. The fraction of sp³-hybridized carbons (Fsp3) is 0.938. The molecule has 0 saturated carbocycles. The van der Waals surface area contributed by atoms with Crippen LogP contribution in [-0.2, 0) is 9.53 Å². The van der Waals surface area contributed by atoms with Gasteiger partial charge < -0.3 is 20.3 Å². The Balaban J connectivity index is 2.09. The van der Waals surface area contributed by atoms with Crippen LogP contribution in [0.2, 0.25) is 0 Å². The number of amides is 1. The quantitative estimate of drug-likeness (QED) is 0.632. The molecule has 0 aromatic rings. The largest absolute Gasteiger partial charge is 0.375 e. The van der Waals surface area contributed by atoms with E-state index in [9.17, 15) is 4.79 Å². The summed E-state index contributed by atoms with van der Waals surface area (Å²) in [7, 11) is 0. The molecule has 0 aliphatic carbocycles. The van der Waals surface area contributed by atoms with Crippen LogP contribution in [0.25, 0.3) is 0 Å². The Bertz CT molecular complexity index is 304. The van der Waals surface area contributed by atoms with Crippen molar-refractivity contribution in [2.24, 2.45) is 0 Å². The summed E-state index contributed by atoms with van der Waals surface area (Å²) in [6.07, 6.45) is 2.89.